The molecule has 0 aromatic heterocycles. The summed E-state index contributed by atoms with van der Waals surface area (Å²) in [5.74, 6) is -25.2. The van der Waals surface area contributed by atoms with Gasteiger partial charge in [-0.05, 0) is 98.3 Å². The Balaban J connectivity index is 2.22. The van der Waals surface area contributed by atoms with Crippen LogP contribution in [0.5, 0.6) is 5.75 Å². The number of nitrogens with one attached hydrogen (secondary N) is 19. The Morgan fingerprint density at radius 2 is 1.06 bits per heavy atom. The standard InChI is InChI=1S/C78H123N23O23S2/c1-9-41(8)62(101-68(115)47(18-14-28-86-78(83)84)91-69(116)50(29-38(2)3)95-63(110)45(79)30-43-19-21-44(104)22-20-43)75(122)100-61(40(6)7)74(121)94-49(23-25-56(80)105)67(114)98-55-37-126-125-36-54(65(112)88-32-57(106)89-51(76(123)124)31-42-15-11-10-12-16-42)97-70(117)52(34-102)90-58(107)33-87-64(111)48(24-26-59(108)109)93-73(120)60(39(4)5)99-71(118)53(35-103)96-66(113)46(92-72(55)119)17-13-27-85-77(81)82/h10-12,15-16,19-22,38-41,45-55,60-62,102-104H,9,13-14,17-18,23-37,79H2,1-8H3,(H2,80,105)(H,87,111)(H,88,112)(H,89,106)(H,90,107)(H,91,116)(H,92,119)(H,93,120)(H,94,121)(H,95,110)(H,96,113)(H,97,117)(H,98,114)(H,99,118)(H,100,122)(H,101,115)(H,108,109)(H,123,124)(H4,81,82,85)(H4,83,84,86)/t41-,45-,46-,47-,48-,49-,50-,51-,52-,53-,54-,55-,60+,61-,62-/m0/s1. The van der Waals surface area contributed by atoms with Crippen molar-refractivity contribution in [1.29, 1.82) is 10.8 Å². The van der Waals surface area contributed by atoms with Gasteiger partial charge in [0.15, 0.2) is 11.9 Å². The molecular formula is C78H123N23O23S2. The van der Waals surface area contributed by atoms with E-state index in [1.54, 1.807) is 70.2 Å². The molecule has 3 rings (SSSR count). The molecule has 0 spiro atoms. The molecule has 16 amide bonds. The van der Waals surface area contributed by atoms with E-state index in [0.717, 1.165) is 0 Å². The lowest BCUT2D eigenvalue weighted by atomic mass is 9.95. The van der Waals surface area contributed by atoms with E-state index in [2.05, 4.69) is 90.4 Å². The van der Waals surface area contributed by atoms with Crippen molar-refractivity contribution in [3.8, 4) is 5.75 Å². The van der Waals surface area contributed by atoms with Crippen LogP contribution in [0.2, 0.25) is 0 Å². The Morgan fingerprint density at radius 1 is 0.532 bits per heavy atom. The molecule has 700 valence electrons. The molecule has 126 heavy (non-hydrogen) atoms. The van der Waals surface area contributed by atoms with Gasteiger partial charge in [-0.2, -0.15) is 0 Å². The number of primary amides is 1. The molecule has 1 saturated heterocycles. The number of guanidine groups is 2. The van der Waals surface area contributed by atoms with E-state index >= 15 is 9.59 Å². The number of nitrogens with two attached hydrogens (primary N) is 4. The van der Waals surface area contributed by atoms with Gasteiger partial charge in [-0.15, -0.1) is 0 Å². The normalized spacial score (nSPS) is 19.7. The first-order valence-corrected chi connectivity index (χ1v) is 43.3. The first-order valence-electron chi connectivity index (χ1n) is 40.8. The number of rotatable bonds is 43. The molecule has 1 aliphatic heterocycles. The van der Waals surface area contributed by atoms with Crippen LogP contribution in [0.1, 0.15) is 131 Å². The number of amides is 16. The molecule has 2 aromatic carbocycles. The summed E-state index contributed by atoms with van der Waals surface area (Å²) in [5, 5.41) is 107. The minimum absolute atomic E-state index is 0.0164. The fourth-order valence-electron chi connectivity index (χ4n) is 12.2. The molecule has 48 heteroatoms. The lowest BCUT2D eigenvalue weighted by Gasteiger charge is -2.31. The van der Waals surface area contributed by atoms with Crippen molar-refractivity contribution in [1.82, 2.24) is 90.4 Å². The summed E-state index contributed by atoms with van der Waals surface area (Å²) in [7, 11) is 1.34. The third kappa shape index (κ3) is 40.2. The van der Waals surface area contributed by atoms with Crippen LogP contribution in [0, 0.1) is 34.5 Å². The number of carboxylic acids is 2. The van der Waals surface area contributed by atoms with Gasteiger partial charge in [0.2, 0.25) is 94.5 Å². The average molecular weight is 1820 g/mol. The number of carbonyl (C=O) groups is 18. The van der Waals surface area contributed by atoms with Crippen molar-refractivity contribution in [3.63, 3.8) is 0 Å². The van der Waals surface area contributed by atoms with Gasteiger partial charge in [-0.3, -0.25) is 92.3 Å². The Kier molecular flexibility index (Phi) is 47.9. The zero-order valence-corrected chi connectivity index (χ0v) is 73.1. The summed E-state index contributed by atoms with van der Waals surface area (Å²) >= 11 is 0. The molecule has 2 aromatic rings. The van der Waals surface area contributed by atoms with Gasteiger partial charge in [0, 0.05) is 43.9 Å². The Morgan fingerprint density at radius 3 is 1.64 bits per heavy atom. The number of aromatic hydroxyl groups is 1. The molecule has 1 aliphatic rings. The van der Waals surface area contributed by atoms with E-state index in [1.165, 1.54) is 39.8 Å². The fraction of sp³-hybridized carbons (Fsp3) is 0.590. The van der Waals surface area contributed by atoms with Gasteiger partial charge in [0.05, 0.1) is 32.3 Å². The van der Waals surface area contributed by atoms with Crippen LogP contribution in [0.4, 0.5) is 0 Å². The molecule has 1 fully saturated rings. The minimum Gasteiger partial charge on any atom is -0.508 e. The molecule has 46 nitrogen and oxygen atoms in total. The first-order chi connectivity index (χ1) is 59.4. The highest BCUT2D eigenvalue weighted by molar-refractivity contribution is 8.76. The highest BCUT2D eigenvalue weighted by Gasteiger charge is 2.40. The number of carboxylic acid groups (broad SMARTS) is 2. The zero-order valence-electron chi connectivity index (χ0n) is 71.4. The summed E-state index contributed by atoms with van der Waals surface area (Å²) in [6.45, 7) is 8.28. The highest BCUT2D eigenvalue weighted by Crippen LogP contribution is 2.25. The lowest BCUT2D eigenvalue weighted by molar-refractivity contribution is -0.142. The van der Waals surface area contributed by atoms with E-state index in [4.69, 9.17) is 33.8 Å². The molecule has 0 radical (unpaired) electrons. The summed E-state index contributed by atoms with van der Waals surface area (Å²) in [6.07, 6.45) is -3.08. The number of aliphatic hydroxyl groups is 2. The molecule has 0 saturated carbocycles. The van der Waals surface area contributed by atoms with Gasteiger partial charge in [0.25, 0.3) is 0 Å². The molecule has 1 heterocycles. The monoisotopic (exact) mass is 1810 g/mol. The molecule has 0 unspecified atom stereocenters. The Hall–Kier alpha value is -12.2. The third-order valence-corrected chi connectivity index (χ3v) is 21.8. The predicted octanol–water partition coefficient (Wildman–Crippen LogP) is -7.44. The van der Waals surface area contributed by atoms with Gasteiger partial charge in [-0.25, -0.2) is 4.79 Å². The number of aliphatic carboxylic acids is 2. The molecule has 0 aliphatic carbocycles. The van der Waals surface area contributed by atoms with Crippen LogP contribution in [-0.2, 0) is 99.1 Å². The number of aliphatic hydroxyl groups excluding tert-OH is 2. The van der Waals surface area contributed by atoms with Crippen LogP contribution in [0.15, 0.2) is 54.6 Å². The van der Waals surface area contributed by atoms with E-state index in [-0.39, 0.29) is 69.7 Å². The Labute approximate surface area is 735 Å². The molecule has 32 N–H and O–H groups in total. The average Bonchev–Trinajstić information content (AvgIpc) is 0.834. The maximum absolute atomic E-state index is 15.1. The number of carbonyl (C=O) groups excluding carboxylic acids is 16. The summed E-state index contributed by atoms with van der Waals surface area (Å²) < 4.78 is 0. The van der Waals surface area contributed by atoms with Crippen LogP contribution in [0.3, 0.4) is 0 Å². The van der Waals surface area contributed by atoms with Crippen molar-refractivity contribution in [3.05, 3.63) is 65.7 Å². The quantitative estimate of drug-likeness (QED) is 0.0127. The van der Waals surface area contributed by atoms with Gasteiger partial charge in [-0.1, -0.05) is 126 Å². The van der Waals surface area contributed by atoms with E-state index in [1.807, 2.05) is 0 Å². The van der Waals surface area contributed by atoms with Crippen molar-refractivity contribution >= 4 is 140 Å². The third-order valence-electron chi connectivity index (χ3n) is 19.4. The smallest absolute Gasteiger partial charge is 0.326 e. The largest absolute Gasteiger partial charge is 0.508 e. The zero-order chi connectivity index (χ0) is 94.6. The second kappa shape index (κ2) is 55.9. The number of hydrogen-bond donors (Lipinski definition) is 28. The number of phenols is 1. The van der Waals surface area contributed by atoms with E-state index in [0.29, 0.717) is 32.7 Å². The van der Waals surface area contributed by atoms with Crippen LogP contribution in [0.25, 0.3) is 0 Å². The Bertz CT molecular complexity index is 4080. The number of hydrogen-bond acceptors (Lipinski definition) is 26. The topological polar surface area (TPSA) is 765 Å². The van der Waals surface area contributed by atoms with Crippen molar-refractivity contribution in [2.24, 2.45) is 46.6 Å². The maximum Gasteiger partial charge on any atom is 0.326 e. The summed E-state index contributed by atoms with van der Waals surface area (Å²) in [5.41, 5.74) is 24.1. The summed E-state index contributed by atoms with van der Waals surface area (Å²) in [4.78, 5) is 251. The van der Waals surface area contributed by atoms with Crippen LogP contribution < -0.4 is 113 Å². The minimum atomic E-state index is -1.96. The second-order valence-electron chi connectivity index (χ2n) is 31.0. The van der Waals surface area contributed by atoms with Crippen LogP contribution in [-0.4, -0.2) is 279 Å². The fourth-order valence-corrected chi connectivity index (χ4v) is 14.5. The summed E-state index contributed by atoms with van der Waals surface area (Å²) in [6, 6.07) is -9.07. The van der Waals surface area contributed by atoms with Gasteiger partial charge >= 0.3 is 11.9 Å². The molecular weight excluding hydrogens is 1690 g/mol. The van der Waals surface area contributed by atoms with E-state index in [9.17, 15) is 102 Å². The van der Waals surface area contributed by atoms with Gasteiger partial charge in [0.1, 0.15) is 84.3 Å². The maximum atomic E-state index is 15.1. The van der Waals surface area contributed by atoms with Crippen molar-refractivity contribution in [2.75, 3.05) is 50.9 Å². The SMILES string of the molecule is CC[C@H](C)[C@H](NC(=O)[C@H](CCCNC(=N)N)NC(=O)[C@H](CC(C)C)NC(=O)[C@@H](N)Cc1ccc(O)cc1)C(=O)N[C@H](C(=O)N[C@@H](CCC(N)=O)C(=O)N[C@H]1CSSC[C@@H](C(=O)NCC(=O)N[C@@H](Cc2ccccc2)C(=O)O)NC(=O)[C@H](CO)NC(=O)CNC(=O)[C@H](CCC(=O)O)NC(=O)[C@@H](C(C)C)NC(=O)[C@H](CO)NC(=O)[C@H](CCCNC(=N)N)NC1=O)C(C)C. The molecule has 15 atom stereocenters. The number of phenolic OH excluding ortho intramolecular Hbond substituents is 1. The predicted molar refractivity (Wildman–Crippen MR) is 460 cm³/mol. The lowest BCUT2D eigenvalue weighted by Crippen LogP contribution is -2.62. The van der Waals surface area contributed by atoms with E-state index < -0.39 is 291 Å². The van der Waals surface area contributed by atoms with Crippen LogP contribution >= 0.6 is 21.6 Å². The first kappa shape index (κ1) is 108. The van der Waals surface area contributed by atoms with Crippen molar-refractivity contribution < 1.29 is 112 Å². The van der Waals surface area contributed by atoms with Crippen molar-refractivity contribution in [2.45, 2.75) is 217 Å². The highest BCUT2D eigenvalue weighted by atomic mass is 33.1. The number of benzene rings is 2. The van der Waals surface area contributed by atoms with Gasteiger partial charge < -0.3 is 139 Å². The molecule has 0 bridgehead atoms. The second-order valence-corrected chi connectivity index (χ2v) is 33.5.